The summed E-state index contributed by atoms with van der Waals surface area (Å²) in [6.07, 6.45) is 5.36. The van der Waals surface area contributed by atoms with Crippen LogP contribution in [0.25, 0.3) is 0 Å². The van der Waals surface area contributed by atoms with Crippen LogP contribution in [-0.2, 0) is 0 Å². The van der Waals surface area contributed by atoms with Gasteiger partial charge in [0.25, 0.3) is 0 Å². The van der Waals surface area contributed by atoms with Crippen LogP contribution in [0.5, 0.6) is 0 Å². The largest absolute Gasteiger partial charge is 0.478 e. The topological polar surface area (TPSA) is 49.3 Å². The first-order valence-corrected chi connectivity index (χ1v) is 8.97. The number of aromatic carboxylic acids is 1. The zero-order chi connectivity index (χ0) is 16.8. The number of fused-ring (bicyclic) bond motifs is 3. The van der Waals surface area contributed by atoms with E-state index in [2.05, 4.69) is 33.4 Å². The quantitative estimate of drug-likeness (QED) is 0.638. The average Bonchev–Trinajstić information content (AvgIpc) is 3.04. The summed E-state index contributed by atoms with van der Waals surface area (Å²) in [7, 11) is 0. The number of benzene rings is 2. The van der Waals surface area contributed by atoms with Crippen LogP contribution in [0, 0.1) is 5.92 Å². The maximum atomic E-state index is 11.7. The maximum absolute atomic E-state index is 11.7. The van der Waals surface area contributed by atoms with Crippen LogP contribution in [0.4, 0.5) is 5.69 Å². The fraction of sp³-hybridized carbons (Fsp3) is 0.211. The highest BCUT2D eigenvalue weighted by atomic mass is 79.9. The first kappa shape index (κ1) is 15.7. The van der Waals surface area contributed by atoms with Gasteiger partial charge in [-0.2, -0.15) is 0 Å². The monoisotopic (exact) mass is 403 g/mol. The number of carboxylic acids is 1. The van der Waals surface area contributed by atoms with Gasteiger partial charge in [0.2, 0.25) is 0 Å². The van der Waals surface area contributed by atoms with Crippen LogP contribution in [0.15, 0.2) is 53.0 Å². The second-order valence-corrected chi connectivity index (χ2v) is 7.60. The van der Waals surface area contributed by atoms with Crippen LogP contribution in [-0.4, -0.2) is 11.1 Å². The smallest absolute Gasteiger partial charge is 0.337 e. The Kier molecular flexibility index (Phi) is 3.89. The number of hydrogen-bond donors (Lipinski definition) is 2. The van der Waals surface area contributed by atoms with E-state index in [1.165, 1.54) is 0 Å². The molecule has 2 aromatic rings. The summed E-state index contributed by atoms with van der Waals surface area (Å²) < 4.78 is 0.796. The van der Waals surface area contributed by atoms with Crippen LogP contribution in [0.1, 0.15) is 39.9 Å². The number of halogens is 2. The van der Waals surface area contributed by atoms with Crippen molar-refractivity contribution >= 4 is 39.2 Å². The number of nitrogens with one attached hydrogen (secondary N) is 1. The zero-order valence-electron chi connectivity index (χ0n) is 12.7. The molecule has 24 heavy (non-hydrogen) atoms. The predicted octanol–water partition coefficient (Wildman–Crippen LogP) is 5.63. The molecule has 0 radical (unpaired) electrons. The third kappa shape index (κ3) is 2.54. The van der Waals surface area contributed by atoms with Gasteiger partial charge in [-0.05, 0) is 47.7 Å². The molecule has 3 atom stereocenters. The number of anilines is 1. The summed E-state index contributed by atoms with van der Waals surface area (Å²) in [5.41, 5.74) is 3.20. The molecule has 0 fully saturated rings. The average molecular weight is 405 g/mol. The number of allylic oxidation sites excluding steroid dienone is 2. The molecule has 0 unspecified atom stereocenters. The van der Waals surface area contributed by atoms with E-state index in [9.17, 15) is 9.90 Å². The lowest BCUT2D eigenvalue weighted by Crippen LogP contribution is -2.30. The highest BCUT2D eigenvalue weighted by molar-refractivity contribution is 9.10. The Morgan fingerprint density at radius 2 is 2.00 bits per heavy atom. The second kappa shape index (κ2) is 5.94. The minimum atomic E-state index is -0.921. The molecule has 0 aromatic heterocycles. The Morgan fingerprint density at radius 3 is 2.71 bits per heavy atom. The van der Waals surface area contributed by atoms with E-state index in [1.807, 2.05) is 30.3 Å². The van der Waals surface area contributed by atoms with Crippen LogP contribution in [0.3, 0.4) is 0 Å². The van der Waals surface area contributed by atoms with Crippen molar-refractivity contribution < 1.29 is 9.90 Å². The Morgan fingerprint density at radius 1 is 1.25 bits per heavy atom. The number of carbonyl (C=O) groups is 1. The number of carboxylic acid groups (broad SMARTS) is 1. The van der Waals surface area contributed by atoms with E-state index in [4.69, 9.17) is 11.6 Å². The van der Waals surface area contributed by atoms with E-state index < -0.39 is 5.97 Å². The van der Waals surface area contributed by atoms with Crippen LogP contribution >= 0.6 is 27.5 Å². The lowest BCUT2D eigenvalue weighted by atomic mass is 9.76. The molecule has 122 valence electrons. The van der Waals surface area contributed by atoms with Gasteiger partial charge in [-0.1, -0.05) is 51.8 Å². The van der Waals surface area contributed by atoms with E-state index >= 15 is 0 Å². The molecule has 1 aliphatic heterocycles. The van der Waals surface area contributed by atoms with Gasteiger partial charge in [0.15, 0.2) is 0 Å². The van der Waals surface area contributed by atoms with E-state index in [1.54, 1.807) is 6.07 Å². The van der Waals surface area contributed by atoms with Crippen molar-refractivity contribution in [1.29, 1.82) is 0 Å². The Hall–Kier alpha value is -1.78. The highest BCUT2D eigenvalue weighted by Gasteiger charge is 2.39. The molecule has 0 bridgehead atoms. The van der Waals surface area contributed by atoms with Gasteiger partial charge in [-0.25, -0.2) is 4.79 Å². The molecule has 2 N–H and O–H groups in total. The Bertz CT molecular complexity index is 847. The van der Waals surface area contributed by atoms with Crippen molar-refractivity contribution in [1.82, 2.24) is 0 Å². The number of hydrogen-bond acceptors (Lipinski definition) is 2. The van der Waals surface area contributed by atoms with Gasteiger partial charge in [0.05, 0.1) is 17.3 Å². The SMILES string of the molecule is O=C(O)c1cc(Br)cc2c1N[C@H](c1ccc(Cl)cc1)[C@@H]1CC=C[C@@H]21. The molecule has 2 aliphatic rings. The molecule has 0 saturated heterocycles. The maximum Gasteiger partial charge on any atom is 0.337 e. The molecule has 4 rings (SSSR count). The van der Waals surface area contributed by atoms with Gasteiger partial charge >= 0.3 is 5.97 Å². The van der Waals surface area contributed by atoms with E-state index in [-0.39, 0.29) is 12.0 Å². The summed E-state index contributed by atoms with van der Waals surface area (Å²) in [5.74, 6) is -0.331. The summed E-state index contributed by atoms with van der Waals surface area (Å²) >= 11 is 9.46. The first-order valence-electron chi connectivity index (χ1n) is 7.80. The van der Waals surface area contributed by atoms with E-state index in [0.717, 1.165) is 27.7 Å². The summed E-state index contributed by atoms with van der Waals surface area (Å²) in [6, 6.07) is 11.5. The molecular weight excluding hydrogens is 390 g/mol. The summed E-state index contributed by atoms with van der Waals surface area (Å²) in [4.78, 5) is 11.7. The Labute approximate surface area is 153 Å². The lowest BCUT2D eigenvalue weighted by molar-refractivity contribution is 0.0697. The molecule has 0 amide bonds. The van der Waals surface area contributed by atoms with Gasteiger partial charge in [0.1, 0.15) is 0 Å². The predicted molar refractivity (Wildman–Crippen MR) is 98.9 cm³/mol. The first-order chi connectivity index (χ1) is 11.5. The van der Waals surface area contributed by atoms with Crippen molar-refractivity contribution in [3.63, 3.8) is 0 Å². The molecular formula is C19H15BrClNO2. The minimum Gasteiger partial charge on any atom is -0.478 e. The normalized spacial score (nSPS) is 24.2. The van der Waals surface area contributed by atoms with Gasteiger partial charge in [-0.3, -0.25) is 0 Å². The molecule has 1 aliphatic carbocycles. The van der Waals surface area contributed by atoms with Gasteiger partial charge in [0, 0.05) is 15.4 Å². The van der Waals surface area contributed by atoms with Crippen molar-refractivity contribution in [2.45, 2.75) is 18.4 Å². The molecule has 0 saturated carbocycles. The van der Waals surface area contributed by atoms with E-state index in [0.29, 0.717) is 16.5 Å². The second-order valence-electron chi connectivity index (χ2n) is 6.25. The Balaban J connectivity index is 1.86. The molecule has 2 aromatic carbocycles. The lowest BCUT2D eigenvalue weighted by Gasteiger charge is -2.38. The molecule has 1 heterocycles. The van der Waals surface area contributed by atoms with Crippen molar-refractivity contribution in [3.8, 4) is 0 Å². The highest BCUT2D eigenvalue weighted by Crippen LogP contribution is 2.51. The standard InChI is InChI=1S/C19H15BrClNO2/c20-11-8-15-13-2-1-3-14(13)17(10-4-6-12(21)7-5-10)22-18(15)16(9-11)19(23)24/h1-2,4-9,13-14,17,22H,3H2,(H,23,24)/t13-,14-,17-/m1/s1. The molecule has 5 heteroatoms. The van der Waals surface area contributed by atoms with Crippen LogP contribution in [0.2, 0.25) is 5.02 Å². The fourth-order valence-electron chi connectivity index (χ4n) is 3.83. The van der Waals surface area contributed by atoms with Crippen molar-refractivity contribution in [3.05, 3.63) is 74.7 Å². The third-order valence-electron chi connectivity index (χ3n) is 4.89. The molecule has 0 spiro atoms. The van der Waals surface area contributed by atoms with Crippen molar-refractivity contribution in [2.24, 2.45) is 5.92 Å². The van der Waals surface area contributed by atoms with Gasteiger partial charge < -0.3 is 10.4 Å². The molecule has 3 nitrogen and oxygen atoms in total. The van der Waals surface area contributed by atoms with Crippen LogP contribution < -0.4 is 5.32 Å². The van der Waals surface area contributed by atoms with Gasteiger partial charge in [-0.15, -0.1) is 0 Å². The third-order valence-corrected chi connectivity index (χ3v) is 5.60. The summed E-state index contributed by atoms with van der Waals surface area (Å²) in [6.45, 7) is 0. The zero-order valence-corrected chi connectivity index (χ0v) is 15.0. The summed E-state index contributed by atoms with van der Waals surface area (Å²) in [5, 5.41) is 13.8. The number of rotatable bonds is 2. The fourth-order valence-corrected chi connectivity index (χ4v) is 4.43. The van der Waals surface area contributed by atoms with Crippen molar-refractivity contribution in [2.75, 3.05) is 5.32 Å². The minimum absolute atomic E-state index is 0.0639.